The quantitative estimate of drug-likeness (QED) is 0.521. The summed E-state index contributed by atoms with van der Waals surface area (Å²) in [6, 6.07) is 4.12. The maximum absolute atomic E-state index is 10.4. The topological polar surface area (TPSA) is 69.2 Å². The van der Waals surface area contributed by atoms with E-state index in [1.807, 2.05) is 0 Å². The van der Waals surface area contributed by atoms with E-state index in [1.165, 1.54) is 18.2 Å². The third-order valence-electron chi connectivity index (χ3n) is 1.56. The molecule has 5 nitrogen and oxygen atoms in total. The van der Waals surface area contributed by atoms with Crippen LogP contribution in [0.5, 0.6) is 0 Å². The summed E-state index contributed by atoms with van der Waals surface area (Å²) in [6.07, 6.45) is 0. The van der Waals surface area contributed by atoms with Gasteiger partial charge < -0.3 is 4.42 Å². The van der Waals surface area contributed by atoms with Gasteiger partial charge >= 0.3 is 0 Å². The Bertz CT molecular complexity index is 480. The van der Waals surface area contributed by atoms with Crippen molar-refractivity contribution in [1.29, 1.82) is 0 Å². The minimum atomic E-state index is -0.504. The van der Waals surface area contributed by atoms with Crippen LogP contribution in [0.4, 0.5) is 5.69 Å². The van der Waals surface area contributed by atoms with Gasteiger partial charge in [0.1, 0.15) is 5.52 Å². The largest absolute Gasteiger partial charge is 0.427 e. The van der Waals surface area contributed by atoms with Crippen LogP contribution in [-0.2, 0) is 0 Å². The lowest BCUT2D eigenvalue weighted by Gasteiger charge is -1.88. The monoisotopic (exact) mass is 198 g/mol. The molecule has 1 heterocycles. The summed E-state index contributed by atoms with van der Waals surface area (Å²) in [4.78, 5) is 13.6. The number of aromatic nitrogens is 1. The zero-order valence-electron chi connectivity index (χ0n) is 6.23. The second-order valence-corrected chi connectivity index (χ2v) is 2.70. The van der Waals surface area contributed by atoms with E-state index >= 15 is 0 Å². The van der Waals surface area contributed by atoms with Gasteiger partial charge in [-0.3, -0.25) is 10.1 Å². The molecule has 0 aliphatic rings. The molecule has 1 aromatic carbocycles. The third-order valence-corrected chi connectivity index (χ3v) is 1.72. The molecule has 0 saturated carbocycles. The summed E-state index contributed by atoms with van der Waals surface area (Å²) < 4.78 is 4.91. The normalized spacial score (nSPS) is 10.5. The molecular formula is C7H3ClN2O3. The lowest BCUT2D eigenvalue weighted by molar-refractivity contribution is -0.384. The van der Waals surface area contributed by atoms with Crippen molar-refractivity contribution in [3.63, 3.8) is 0 Å². The molecule has 0 atom stereocenters. The minimum absolute atomic E-state index is 0.0181. The van der Waals surface area contributed by atoms with E-state index in [0.29, 0.717) is 11.1 Å². The molecular weight excluding hydrogens is 196 g/mol. The fourth-order valence-electron chi connectivity index (χ4n) is 0.999. The molecule has 0 amide bonds. The molecule has 0 saturated heterocycles. The SMILES string of the molecule is O=[N+]([O-])c1ccc2nc(Cl)oc2c1. The van der Waals surface area contributed by atoms with Crippen LogP contribution in [0.1, 0.15) is 0 Å². The van der Waals surface area contributed by atoms with Crippen molar-refractivity contribution < 1.29 is 9.34 Å². The number of nitro benzene ring substituents is 1. The Morgan fingerprint density at radius 2 is 2.31 bits per heavy atom. The van der Waals surface area contributed by atoms with Crippen LogP contribution in [0.2, 0.25) is 5.35 Å². The molecule has 2 rings (SSSR count). The van der Waals surface area contributed by atoms with Gasteiger partial charge in [0.25, 0.3) is 11.0 Å². The van der Waals surface area contributed by atoms with Gasteiger partial charge in [0, 0.05) is 6.07 Å². The van der Waals surface area contributed by atoms with Crippen molar-refractivity contribution in [2.45, 2.75) is 0 Å². The predicted octanol–water partition coefficient (Wildman–Crippen LogP) is 2.39. The number of oxazole rings is 1. The number of nitro groups is 1. The summed E-state index contributed by atoms with van der Waals surface area (Å²) in [5, 5.41) is 10.3. The van der Waals surface area contributed by atoms with E-state index in [0.717, 1.165) is 0 Å². The lowest BCUT2D eigenvalue weighted by atomic mass is 10.3. The predicted molar refractivity (Wildman–Crippen MR) is 45.7 cm³/mol. The number of rotatable bonds is 1. The van der Waals surface area contributed by atoms with Crippen LogP contribution in [0.15, 0.2) is 22.6 Å². The van der Waals surface area contributed by atoms with Gasteiger partial charge in [0.05, 0.1) is 11.0 Å². The minimum Gasteiger partial charge on any atom is -0.427 e. The molecule has 13 heavy (non-hydrogen) atoms. The van der Waals surface area contributed by atoms with Gasteiger partial charge in [0.2, 0.25) is 0 Å². The molecule has 0 spiro atoms. The second-order valence-electron chi connectivity index (χ2n) is 2.38. The van der Waals surface area contributed by atoms with Crippen molar-refractivity contribution in [2.75, 3.05) is 0 Å². The molecule has 6 heteroatoms. The number of benzene rings is 1. The molecule has 0 bridgehead atoms. The first-order chi connectivity index (χ1) is 6.16. The smallest absolute Gasteiger partial charge is 0.293 e. The number of nitrogens with zero attached hydrogens (tertiary/aromatic N) is 2. The zero-order valence-corrected chi connectivity index (χ0v) is 6.99. The van der Waals surface area contributed by atoms with E-state index in [1.54, 1.807) is 0 Å². The highest BCUT2D eigenvalue weighted by Crippen LogP contribution is 2.23. The Labute approximate surface area is 77.1 Å². The Morgan fingerprint density at radius 1 is 1.54 bits per heavy atom. The van der Waals surface area contributed by atoms with Gasteiger partial charge in [-0.2, -0.15) is 4.98 Å². The Hall–Kier alpha value is -1.62. The molecule has 0 aliphatic heterocycles. The Kier molecular flexibility index (Phi) is 1.66. The zero-order chi connectivity index (χ0) is 9.42. The van der Waals surface area contributed by atoms with Crippen molar-refractivity contribution in [3.8, 4) is 0 Å². The van der Waals surface area contributed by atoms with E-state index in [-0.39, 0.29) is 11.0 Å². The van der Waals surface area contributed by atoms with Crippen molar-refractivity contribution in [2.24, 2.45) is 0 Å². The van der Waals surface area contributed by atoms with Crippen LogP contribution in [0.25, 0.3) is 11.1 Å². The second kappa shape index (κ2) is 2.70. The van der Waals surface area contributed by atoms with Gasteiger partial charge in [-0.1, -0.05) is 0 Å². The Balaban J connectivity index is 2.67. The van der Waals surface area contributed by atoms with Gasteiger partial charge in [0.15, 0.2) is 5.58 Å². The van der Waals surface area contributed by atoms with Crippen LogP contribution < -0.4 is 0 Å². The van der Waals surface area contributed by atoms with Crippen LogP contribution in [-0.4, -0.2) is 9.91 Å². The number of hydrogen-bond donors (Lipinski definition) is 0. The fourth-order valence-corrected chi connectivity index (χ4v) is 1.17. The van der Waals surface area contributed by atoms with Crippen molar-refractivity contribution >= 4 is 28.4 Å². The highest BCUT2D eigenvalue weighted by molar-refractivity contribution is 6.28. The summed E-state index contributed by atoms with van der Waals surface area (Å²) in [5.74, 6) is 0. The molecule has 0 radical (unpaired) electrons. The van der Waals surface area contributed by atoms with Gasteiger partial charge in [-0.05, 0) is 17.7 Å². The van der Waals surface area contributed by atoms with Crippen LogP contribution >= 0.6 is 11.6 Å². The highest BCUT2D eigenvalue weighted by Gasteiger charge is 2.09. The molecule has 0 fully saturated rings. The molecule has 0 unspecified atom stereocenters. The number of fused-ring (bicyclic) bond motifs is 1. The van der Waals surface area contributed by atoms with E-state index < -0.39 is 4.92 Å². The fraction of sp³-hybridized carbons (Fsp3) is 0. The number of hydrogen-bond acceptors (Lipinski definition) is 4. The summed E-state index contributed by atoms with van der Waals surface area (Å²) in [6.45, 7) is 0. The summed E-state index contributed by atoms with van der Waals surface area (Å²) in [7, 11) is 0. The molecule has 66 valence electrons. The maximum atomic E-state index is 10.4. The summed E-state index contributed by atoms with van der Waals surface area (Å²) >= 11 is 5.47. The van der Waals surface area contributed by atoms with Crippen molar-refractivity contribution in [1.82, 2.24) is 4.98 Å². The first kappa shape index (κ1) is 8.00. The van der Waals surface area contributed by atoms with Gasteiger partial charge in [-0.15, -0.1) is 0 Å². The van der Waals surface area contributed by atoms with E-state index in [4.69, 9.17) is 16.0 Å². The molecule has 0 N–H and O–H groups in total. The van der Waals surface area contributed by atoms with Crippen LogP contribution in [0, 0.1) is 10.1 Å². The van der Waals surface area contributed by atoms with Crippen LogP contribution in [0.3, 0.4) is 0 Å². The molecule has 1 aromatic heterocycles. The first-order valence-corrected chi connectivity index (χ1v) is 3.75. The average molecular weight is 199 g/mol. The van der Waals surface area contributed by atoms with E-state index in [9.17, 15) is 10.1 Å². The Morgan fingerprint density at radius 3 is 3.00 bits per heavy atom. The van der Waals surface area contributed by atoms with Gasteiger partial charge in [-0.25, -0.2) is 0 Å². The van der Waals surface area contributed by atoms with Crippen molar-refractivity contribution in [3.05, 3.63) is 33.7 Å². The highest BCUT2D eigenvalue weighted by atomic mass is 35.5. The maximum Gasteiger partial charge on any atom is 0.293 e. The lowest BCUT2D eigenvalue weighted by Crippen LogP contribution is -1.86. The standard InChI is InChI=1S/C7H3ClN2O3/c8-7-9-5-2-1-4(10(11)12)3-6(5)13-7/h1-3H. The average Bonchev–Trinajstić information content (AvgIpc) is 2.42. The first-order valence-electron chi connectivity index (χ1n) is 3.37. The molecule has 0 aliphatic carbocycles. The van der Waals surface area contributed by atoms with E-state index in [2.05, 4.69) is 4.98 Å². The third kappa shape index (κ3) is 1.33. The number of non-ortho nitro benzene ring substituents is 1. The molecule has 2 aromatic rings. The summed E-state index contributed by atoms with van der Waals surface area (Å²) in [5.41, 5.74) is 0.787. The number of halogens is 1.